The second kappa shape index (κ2) is 9.61. The Morgan fingerprint density at radius 1 is 1.23 bits per heavy atom. The lowest BCUT2D eigenvalue weighted by molar-refractivity contribution is 0.0244. The Kier molecular flexibility index (Phi) is 6.22. The maximum atomic E-state index is 15.0. The maximum absolute atomic E-state index is 15.0. The third-order valence-corrected chi connectivity index (χ3v) is 7.38. The van der Waals surface area contributed by atoms with Crippen LogP contribution in [0.1, 0.15) is 45.5 Å². The maximum Gasteiger partial charge on any atom is 0.323 e. The summed E-state index contributed by atoms with van der Waals surface area (Å²) in [5, 5.41) is 7.20. The van der Waals surface area contributed by atoms with Gasteiger partial charge in [0.15, 0.2) is 11.5 Å². The van der Waals surface area contributed by atoms with Gasteiger partial charge >= 0.3 is 11.7 Å². The summed E-state index contributed by atoms with van der Waals surface area (Å²) in [6.45, 7) is 1.50. The van der Waals surface area contributed by atoms with Crippen LogP contribution < -0.4 is 20.6 Å². The third-order valence-electron chi connectivity index (χ3n) is 6.98. The molecule has 0 radical (unpaired) electrons. The summed E-state index contributed by atoms with van der Waals surface area (Å²) < 4.78 is 42.5. The van der Waals surface area contributed by atoms with Crippen LogP contribution in [0.2, 0.25) is 5.02 Å². The summed E-state index contributed by atoms with van der Waals surface area (Å²) in [5.41, 5.74) is 1.33. The Labute approximate surface area is 224 Å². The zero-order chi connectivity index (χ0) is 27.4. The van der Waals surface area contributed by atoms with E-state index in [1.807, 2.05) is 4.90 Å². The van der Waals surface area contributed by atoms with Gasteiger partial charge in [0.25, 0.3) is 5.91 Å². The number of benzene rings is 1. The average molecular weight is 561 g/mol. The highest BCUT2D eigenvalue weighted by Gasteiger charge is 2.33. The van der Waals surface area contributed by atoms with Crippen LogP contribution in [0.4, 0.5) is 14.6 Å². The molecule has 2 aliphatic heterocycles. The predicted molar refractivity (Wildman–Crippen MR) is 135 cm³/mol. The van der Waals surface area contributed by atoms with E-state index in [9.17, 15) is 14.0 Å². The predicted octanol–water partition coefficient (Wildman–Crippen LogP) is 2.37. The average Bonchev–Trinajstić information content (AvgIpc) is 3.37. The molecule has 0 fully saturated rings. The number of nitrogens with one attached hydrogen (secondary N) is 3. The Morgan fingerprint density at radius 2 is 2.03 bits per heavy atom. The second-order valence-corrected chi connectivity index (χ2v) is 9.61. The number of halogens is 3. The third kappa shape index (κ3) is 4.19. The van der Waals surface area contributed by atoms with Gasteiger partial charge in [0.2, 0.25) is 0 Å². The first-order chi connectivity index (χ1) is 18.8. The van der Waals surface area contributed by atoms with Crippen molar-refractivity contribution in [3.8, 4) is 6.01 Å². The molecule has 0 bridgehead atoms. The SMILES string of the molecule is CNC(=O)c1nn2c(c1Cl)CN(c1nc(OC)nc3c1COC(c1c(F)cc(F)c4[nH]c(=O)[nH]c14)C3)CCC2. The summed E-state index contributed by atoms with van der Waals surface area (Å²) in [5.74, 6) is -1.54. The van der Waals surface area contributed by atoms with Crippen LogP contribution in [0.15, 0.2) is 10.9 Å². The molecule has 12 nitrogen and oxygen atoms in total. The van der Waals surface area contributed by atoms with Crippen LogP contribution in [-0.4, -0.2) is 56.3 Å². The van der Waals surface area contributed by atoms with Gasteiger partial charge in [0, 0.05) is 43.8 Å². The summed E-state index contributed by atoms with van der Waals surface area (Å²) in [6, 6.07) is 0.836. The number of methoxy groups -OCH3 is 1. The van der Waals surface area contributed by atoms with Crippen molar-refractivity contribution >= 4 is 34.4 Å². The number of aromatic nitrogens is 6. The molecule has 0 saturated carbocycles. The van der Waals surface area contributed by atoms with Crippen molar-refractivity contribution in [1.29, 1.82) is 0 Å². The molecule has 204 valence electrons. The number of aryl methyl sites for hydroxylation is 1. The number of ether oxygens (including phenoxy) is 2. The van der Waals surface area contributed by atoms with E-state index in [4.69, 9.17) is 21.1 Å². The van der Waals surface area contributed by atoms with Crippen LogP contribution in [0.25, 0.3) is 11.0 Å². The molecule has 6 rings (SSSR count). The molecular weight excluding hydrogens is 538 g/mol. The van der Waals surface area contributed by atoms with Gasteiger partial charge in [-0.3, -0.25) is 9.48 Å². The van der Waals surface area contributed by atoms with Crippen LogP contribution in [0.3, 0.4) is 0 Å². The highest BCUT2D eigenvalue weighted by molar-refractivity contribution is 6.34. The lowest BCUT2D eigenvalue weighted by Crippen LogP contribution is -2.29. The fraction of sp³-hybridized carbons (Fsp3) is 0.375. The number of imidazole rings is 1. The number of H-pyrrole nitrogens is 2. The topological polar surface area (TPSA) is 143 Å². The van der Waals surface area contributed by atoms with Gasteiger partial charge in [-0.05, 0) is 6.42 Å². The first-order valence-electron chi connectivity index (χ1n) is 12.2. The summed E-state index contributed by atoms with van der Waals surface area (Å²) in [4.78, 5) is 40.0. The number of hydrogen-bond donors (Lipinski definition) is 3. The first-order valence-corrected chi connectivity index (χ1v) is 12.5. The van der Waals surface area contributed by atoms with Crippen molar-refractivity contribution in [3.05, 3.63) is 61.4 Å². The van der Waals surface area contributed by atoms with Crippen molar-refractivity contribution in [3.63, 3.8) is 0 Å². The number of aromatic amines is 2. The van der Waals surface area contributed by atoms with Gasteiger partial charge < -0.3 is 29.7 Å². The molecule has 1 atom stereocenters. The molecule has 0 spiro atoms. The fourth-order valence-electron chi connectivity index (χ4n) is 5.15. The van der Waals surface area contributed by atoms with E-state index in [0.29, 0.717) is 48.8 Å². The van der Waals surface area contributed by atoms with E-state index >= 15 is 4.39 Å². The van der Waals surface area contributed by atoms with Gasteiger partial charge in [-0.1, -0.05) is 11.6 Å². The van der Waals surface area contributed by atoms with Crippen molar-refractivity contribution in [1.82, 2.24) is 35.0 Å². The van der Waals surface area contributed by atoms with E-state index < -0.39 is 23.4 Å². The van der Waals surface area contributed by atoms with Crippen molar-refractivity contribution in [2.24, 2.45) is 0 Å². The normalized spacial score (nSPS) is 17.1. The fourth-order valence-corrected chi connectivity index (χ4v) is 5.44. The van der Waals surface area contributed by atoms with Gasteiger partial charge in [-0.25, -0.2) is 13.6 Å². The van der Waals surface area contributed by atoms with Crippen LogP contribution in [0, 0.1) is 11.6 Å². The molecule has 1 unspecified atom stereocenters. The molecule has 39 heavy (non-hydrogen) atoms. The Morgan fingerprint density at radius 3 is 2.79 bits per heavy atom. The van der Waals surface area contributed by atoms with Gasteiger partial charge in [0.05, 0.1) is 48.3 Å². The molecule has 15 heteroatoms. The number of amides is 1. The molecule has 5 heterocycles. The monoisotopic (exact) mass is 560 g/mol. The second-order valence-electron chi connectivity index (χ2n) is 9.23. The van der Waals surface area contributed by atoms with Gasteiger partial charge in [-0.15, -0.1) is 0 Å². The smallest absolute Gasteiger partial charge is 0.323 e. The first kappa shape index (κ1) is 25.2. The van der Waals surface area contributed by atoms with E-state index in [2.05, 4.69) is 30.4 Å². The molecule has 3 aromatic heterocycles. The van der Waals surface area contributed by atoms with Crippen LogP contribution in [-0.2, 0) is 30.9 Å². The molecule has 1 aromatic carbocycles. The Hall–Kier alpha value is -4.04. The number of rotatable bonds is 4. The van der Waals surface area contributed by atoms with E-state index in [1.165, 1.54) is 14.2 Å². The number of nitrogens with zero attached hydrogens (tertiary/aromatic N) is 5. The van der Waals surface area contributed by atoms with E-state index in [1.54, 1.807) is 4.68 Å². The van der Waals surface area contributed by atoms with Gasteiger partial charge in [0.1, 0.15) is 17.2 Å². The van der Waals surface area contributed by atoms with Crippen molar-refractivity contribution in [2.45, 2.75) is 38.6 Å². The number of fused-ring (bicyclic) bond motifs is 3. The molecule has 0 saturated heterocycles. The standard InChI is InChI=1S/C24H23ClF2N8O4/c1-28-22(36)20-17(25)14-8-34(4-3-5-35(14)33-20)21-10-9-39-15(7-13(10)29-24(32-21)38-2)16-11(26)6-12(27)18-19(16)31-23(37)30-18/h6,15H,3-5,7-9H2,1-2H3,(H,28,36)(H2,30,31,37). The molecule has 4 aromatic rings. The largest absolute Gasteiger partial charge is 0.467 e. The van der Waals surface area contributed by atoms with Crippen molar-refractivity contribution < 1.29 is 23.0 Å². The molecule has 0 aliphatic carbocycles. The lowest BCUT2D eigenvalue weighted by Gasteiger charge is -2.30. The number of carbonyl (C=O) groups excluding carboxylic acids is 1. The minimum absolute atomic E-state index is 0.00883. The highest BCUT2D eigenvalue weighted by Crippen LogP contribution is 2.39. The Bertz CT molecular complexity index is 1680. The van der Waals surface area contributed by atoms with Crippen LogP contribution >= 0.6 is 11.6 Å². The lowest BCUT2D eigenvalue weighted by atomic mass is 9.97. The Balaban J connectivity index is 1.39. The molecule has 3 N–H and O–H groups in total. The zero-order valence-electron chi connectivity index (χ0n) is 20.9. The van der Waals surface area contributed by atoms with E-state index in [0.717, 1.165) is 6.07 Å². The number of hydrogen-bond acceptors (Lipinski definition) is 8. The number of carbonyl (C=O) groups is 1. The quantitative estimate of drug-likeness (QED) is 0.345. The van der Waals surface area contributed by atoms with Crippen molar-refractivity contribution in [2.75, 3.05) is 25.6 Å². The van der Waals surface area contributed by atoms with Gasteiger partial charge in [-0.2, -0.15) is 15.1 Å². The molecule has 1 amide bonds. The molecule has 2 aliphatic rings. The minimum Gasteiger partial charge on any atom is -0.467 e. The molecular formula is C24H23ClF2N8O4. The van der Waals surface area contributed by atoms with Crippen LogP contribution in [0.5, 0.6) is 6.01 Å². The highest BCUT2D eigenvalue weighted by atomic mass is 35.5. The summed E-state index contributed by atoms with van der Waals surface area (Å²) >= 11 is 6.56. The summed E-state index contributed by atoms with van der Waals surface area (Å²) in [7, 11) is 2.96. The minimum atomic E-state index is -0.884. The number of anilines is 1. The zero-order valence-corrected chi connectivity index (χ0v) is 21.7. The van der Waals surface area contributed by atoms with E-state index in [-0.39, 0.29) is 52.3 Å². The summed E-state index contributed by atoms with van der Waals surface area (Å²) in [6.07, 6.45) is -0.0309.